The lowest BCUT2D eigenvalue weighted by Crippen LogP contribution is -3.00. The highest BCUT2D eigenvalue weighted by molar-refractivity contribution is 8.47. The molecule has 0 spiro atoms. The van der Waals surface area contributed by atoms with Crippen LogP contribution in [-0.2, 0) is 33.2 Å². The lowest BCUT2D eigenvalue weighted by Gasteiger charge is -2.22. The topological polar surface area (TPSA) is 112 Å². The summed E-state index contributed by atoms with van der Waals surface area (Å²) < 4.78 is 32.6. The number of thiocarbonyl (C=S) groups is 1. The Labute approximate surface area is 225 Å². The van der Waals surface area contributed by atoms with E-state index < -0.39 is 4.75 Å². The van der Waals surface area contributed by atoms with Crippen LogP contribution in [0.4, 0.5) is 0 Å². The normalized spacial score (nSPS) is 11.3. The van der Waals surface area contributed by atoms with Gasteiger partial charge in [-0.15, -0.1) is 11.8 Å². The molecule has 0 bridgehead atoms. The Bertz CT molecular complexity index is 495. The van der Waals surface area contributed by atoms with Crippen LogP contribution in [0.2, 0.25) is 0 Å². The first-order valence-corrected chi connectivity index (χ1v) is 13.5. The van der Waals surface area contributed by atoms with Gasteiger partial charge in [0.05, 0.1) is 90.6 Å². The Kier molecular flexibility index (Phi) is 28.2. The first-order valence-electron chi connectivity index (χ1n) is 11.3. The molecule has 0 rings (SSSR count). The molecule has 0 aromatic rings. The smallest absolute Gasteiger partial charge is 0.236 e. The summed E-state index contributed by atoms with van der Waals surface area (Å²) in [6.07, 6.45) is 0. The van der Waals surface area contributed by atoms with E-state index >= 15 is 0 Å². The summed E-state index contributed by atoms with van der Waals surface area (Å²) >= 11 is 8.27. The van der Waals surface area contributed by atoms with Crippen molar-refractivity contribution in [3.8, 4) is 0 Å². The van der Waals surface area contributed by atoms with Gasteiger partial charge in [0, 0.05) is 6.54 Å². The van der Waals surface area contributed by atoms with E-state index in [-0.39, 0.29) is 18.3 Å². The van der Waals surface area contributed by atoms with Crippen LogP contribution in [0.25, 0.3) is 0 Å². The van der Waals surface area contributed by atoms with Crippen molar-refractivity contribution >= 4 is 45.2 Å². The summed E-state index contributed by atoms with van der Waals surface area (Å²) in [6, 6.07) is 0. The van der Waals surface area contributed by atoms with E-state index in [0.29, 0.717) is 85.8 Å². The minimum absolute atomic E-state index is 0. The van der Waals surface area contributed by atoms with E-state index in [2.05, 4.69) is 11.1 Å². The molecule has 34 heavy (non-hydrogen) atoms. The fourth-order valence-electron chi connectivity index (χ4n) is 2.16. The maximum atomic E-state index is 12.3. The number of hydrogen-bond acceptors (Lipinski definition) is 10. The highest BCUT2D eigenvalue weighted by atomic mass is 35.5. The van der Waals surface area contributed by atoms with Crippen molar-refractivity contribution in [1.29, 1.82) is 0 Å². The maximum Gasteiger partial charge on any atom is 0.236 e. The third kappa shape index (κ3) is 24.0. The molecule has 0 aliphatic heterocycles. The standard InChI is InChI=1S/C21H42N2O7S3.ClH/c1-4-32-20(31)33-21(2,3)19(24)23-6-8-26-10-12-28-14-16-30-18-17-29-15-13-27-11-9-25-7-5-22;/h4-18,22H2,1-3H3,(H,23,24);1H. The van der Waals surface area contributed by atoms with Crippen molar-refractivity contribution in [2.75, 3.05) is 98.1 Å². The van der Waals surface area contributed by atoms with Crippen molar-refractivity contribution in [2.45, 2.75) is 25.5 Å². The van der Waals surface area contributed by atoms with Gasteiger partial charge in [0.1, 0.15) is 3.53 Å². The molecule has 4 N–H and O–H groups in total. The number of halogens is 1. The van der Waals surface area contributed by atoms with Crippen LogP contribution in [0.3, 0.4) is 0 Å². The van der Waals surface area contributed by atoms with Crippen LogP contribution in [0.1, 0.15) is 20.8 Å². The molecule has 0 radical (unpaired) electrons. The molecule has 0 aromatic heterocycles. The summed E-state index contributed by atoms with van der Waals surface area (Å²) in [5.41, 5.74) is 3.70. The number of thioether (sulfide) groups is 2. The Morgan fingerprint density at radius 2 is 1.18 bits per heavy atom. The zero-order valence-electron chi connectivity index (χ0n) is 20.8. The monoisotopic (exact) mass is 566 g/mol. The second-order valence-electron chi connectivity index (χ2n) is 7.08. The van der Waals surface area contributed by atoms with Crippen molar-refractivity contribution < 1.29 is 51.4 Å². The SMILES string of the molecule is CCSC(=S)SC(C)(C)C(=O)NCCOCCOCCOCCOCCOCCOCC[NH3+].[Cl-]. The number of quaternary nitrogens is 1. The number of amides is 1. The molecule has 0 unspecified atom stereocenters. The quantitative estimate of drug-likeness (QED) is 0.106. The molecule has 0 aliphatic rings. The molecule has 0 fully saturated rings. The van der Waals surface area contributed by atoms with E-state index in [0.717, 1.165) is 15.8 Å². The van der Waals surface area contributed by atoms with Crippen molar-refractivity contribution in [3.05, 3.63) is 0 Å². The third-order valence-electron chi connectivity index (χ3n) is 3.83. The molecule has 0 saturated carbocycles. The maximum absolute atomic E-state index is 12.3. The van der Waals surface area contributed by atoms with Gasteiger partial charge in [0.2, 0.25) is 5.91 Å². The molecule has 0 aromatic carbocycles. The van der Waals surface area contributed by atoms with E-state index in [4.69, 9.17) is 40.6 Å². The van der Waals surface area contributed by atoms with Gasteiger partial charge in [-0.25, -0.2) is 0 Å². The first kappa shape index (κ1) is 36.4. The fraction of sp³-hybridized carbons (Fsp3) is 0.905. The fourth-order valence-corrected chi connectivity index (χ4v) is 5.17. The van der Waals surface area contributed by atoms with Crippen LogP contribution < -0.4 is 23.5 Å². The molecule has 0 atom stereocenters. The predicted octanol–water partition coefficient (Wildman–Crippen LogP) is -2.00. The van der Waals surface area contributed by atoms with Crippen molar-refractivity contribution in [3.63, 3.8) is 0 Å². The molecular formula is C21H43ClN2O7S3. The van der Waals surface area contributed by atoms with Gasteiger partial charge in [0.25, 0.3) is 0 Å². The molecular weight excluding hydrogens is 524 g/mol. The second-order valence-corrected chi connectivity index (χ2v) is 11.2. The van der Waals surface area contributed by atoms with E-state index in [1.165, 1.54) is 11.8 Å². The predicted molar refractivity (Wildman–Crippen MR) is 138 cm³/mol. The minimum Gasteiger partial charge on any atom is -1.00 e. The highest BCUT2D eigenvalue weighted by Crippen LogP contribution is 2.30. The van der Waals surface area contributed by atoms with Crippen LogP contribution in [-0.4, -0.2) is 112 Å². The third-order valence-corrected chi connectivity index (χ3v) is 6.42. The Hall–Kier alpha value is 0.270. The van der Waals surface area contributed by atoms with Gasteiger partial charge >= 0.3 is 0 Å². The summed E-state index contributed by atoms with van der Waals surface area (Å²) in [5.74, 6) is 0.861. The lowest BCUT2D eigenvalue weighted by atomic mass is 10.2. The second kappa shape index (κ2) is 26.3. The van der Waals surface area contributed by atoms with Crippen molar-refractivity contribution in [2.24, 2.45) is 0 Å². The van der Waals surface area contributed by atoms with Crippen LogP contribution >= 0.6 is 35.7 Å². The molecule has 0 saturated heterocycles. The molecule has 0 heterocycles. The van der Waals surface area contributed by atoms with Gasteiger partial charge in [0.15, 0.2) is 0 Å². The summed E-state index contributed by atoms with van der Waals surface area (Å²) in [6.45, 7) is 13.3. The van der Waals surface area contributed by atoms with Gasteiger partial charge in [-0.2, -0.15) is 0 Å². The van der Waals surface area contributed by atoms with Gasteiger partial charge in [-0.3, -0.25) is 4.79 Å². The molecule has 204 valence electrons. The van der Waals surface area contributed by atoms with E-state index in [9.17, 15) is 4.79 Å². The first-order chi connectivity index (χ1) is 15.9. The number of ether oxygens (including phenoxy) is 6. The Balaban J connectivity index is 0. The average Bonchev–Trinajstić information content (AvgIpc) is 2.77. The zero-order valence-corrected chi connectivity index (χ0v) is 24.0. The number of rotatable bonds is 23. The highest BCUT2D eigenvalue weighted by Gasteiger charge is 2.29. The molecule has 0 aliphatic carbocycles. The molecule has 1 amide bonds. The summed E-state index contributed by atoms with van der Waals surface area (Å²) in [5, 5.41) is 2.89. The Morgan fingerprint density at radius 1 is 0.794 bits per heavy atom. The number of carbonyl (C=O) groups is 1. The molecule has 9 nitrogen and oxygen atoms in total. The number of carbonyl (C=O) groups excluding carboxylic acids is 1. The van der Waals surface area contributed by atoms with Crippen LogP contribution in [0, 0.1) is 0 Å². The van der Waals surface area contributed by atoms with Gasteiger partial charge in [-0.05, 0) is 19.6 Å². The summed E-state index contributed by atoms with van der Waals surface area (Å²) in [4.78, 5) is 12.3. The minimum atomic E-state index is -0.594. The van der Waals surface area contributed by atoms with Crippen molar-refractivity contribution in [1.82, 2.24) is 5.32 Å². The van der Waals surface area contributed by atoms with Gasteiger partial charge < -0.3 is 51.9 Å². The Morgan fingerprint density at radius 3 is 1.56 bits per heavy atom. The van der Waals surface area contributed by atoms with Crippen LogP contribution in [0.15, 0.2) is 0 Å². The largest absolute Gasteiger partial charge is 1.00 e. The molecule has 13 heteroatoms. The van der Waals surface area contributed by atoms with Gasteiger partial charge in [-0.1, -0.05) is 30.9 Å². The van der Waals surface area contributed by atoms with E-state index in [1.807, 2.05) is 20.8 Å². The van der Waals surface area contributed by atoms with E-state index in [1.54, 1.807) is 11.8 Å². The zero-order chi connectivity index (χ0) is 24.6. The number of hydrogen-bond donors (Lipinski definition) is 2. The average molecular weight is 567 g/mol. The summed E-state index contributed by atoms with van der Waals surface area (Å²) in [7, 11) is 0. The lowest BCUT2D eigenvalue weighted by molar-refractivity contribution is -0.374. The van der Waals surface area contributed by atoms with Crippen LogP contribution in [0.5, 0.6) is 0 Å². The number of nitrogens with one attached hydrogen (secondary N) is 1.